The monoisotopic (exact) mass is 344 g/mol. The Morgan fingerprint density at radius 2 is 1.87 bits per heavy atom. The van der Waals surface area contributed by atoms with Crippen molar-refractivity contribution in [2.24, 2.45) is 7.05 Å². The molecule has 23 heavy (non-hydrogen) atoms. The second-order valence-corrected chi connectivity index (χ2v) is 6.42. The molecule has 0 aliphatic rings. The Morgan fingerprint density at radius 1 is 1.22 bits per heavy atom. The van der Waals surface area contributed by atoms with Gasteiger partial charge < -0.3 is 9.30 Å². The van der Waals surface area contributed by atoms with Crippen LogP contribution in [0.2, 0.25) is 0 Å². The third-order valence-corrected chi connectivity index (χ3v) is 4.84. The second kappa shape index (κ2) is 5.99. The van der Waals surface area contributed by atoms with E-state index in [-0.39, 0.29) is 16.3 Å². The molecule has 0 radical (unpaired) electrons. The summed E-state index contributed by atoms with van der Waals surface area (Å²) in [5.74, 6) is -2.95. The molecule has 0 atom stereocenters. The lowest BCUT2D eigenvalue weighted by atomic mass is 10.3. The Bertz CT molecular complexity index is 875. The van der Waals surface area contributed by atoms with Crippen LogP contribution < -0.4 is 4.72 Å². The number of rotatable bonds is 4. The Labute approximate surface area is 131 Å². The van der Waals surface area contributed by atoms with Crippen molar-refractivity contribution in [3.63, 3.8) is 0 Å². The maximum atomic E-state index is 13.2. The van der Waals surface area contributed by atoms with Crippen LogP contribution in [0.15, 0.2) is 29.2 Å². The van der Waals surface area contributed by atoms with Crippen LogP contribution in [0.5, 0.6) is 0 Å². The van der Waals surface area contributed by atoms with Gasteiger partial charge in [0.05, 0.1) is 12.8 Å². The van der Waals surface area contributed by atoms with E-state index >= 15 is 0 Å². The van der Waals surface area contributed by atoms with Crippen molar-refractivity contribution in [1.29, 1.82) is 0 Å². The number of nitrogens with zero attached hydrogens (tertiary/aromatic N) is 1. The number of ether oxygens (including phenoxy) is 1. The van der Waals surface area contributed by atoms with E-state index < -0.39 is 27.6 Å². The fraction of sp³-hybridized carbons (Fsp3) is 0.214. The highest BCUT2D eigenvalue weighted by Crippen LogP contribution is 2.23. The van der Waals surface area contributed by atoms with E-state index in [1.807, 2.05) is 0 Å². The number of halogens is 2. The molecular weight excluding hydrogens is 330 g/mol. The van der Waals surface area contributed by atoms with Gasteiger partial charge >= 0.3 is 5.97 Å². The largest absolute Gasteiger partial charge is 0.464 e. The first-order valence-corrected chi connectivity index (χ1v) is 7.88. The van der Waals surface area contributed by atoms with Gasteiger partial charge in [-0.05, 0) is 25.1 Å². The first-order chi connectivity index (χ1) is 10.7. The number of carbonyl (C=O) groups is 1. The van der Waals surface area contributed by atoms with Gasteiger partial charge in [0.1, 0.15) is 10.6 Å². The van der Waals surface area contributed by atoms with Crippen LogP contribution in [-0.2, 0) is 21.8 Å². The molecule has 0 spiro atoms. The highest BCUT2D eigenvalue weighted by Gasteiger charge is 2.25. The summed E-state index contributed by atoms with van der Waals surface area (Å²) in [7, 11) is -1.39. The molecule has 1 aromatic heterocycles. The van der Waals surface area contributed by atoms with Crippen LogP contribution in [-0.4, -0.2) is 26.1 Å². The Morgan fingerprint density at radius 3 is 2.43 bits per heavy atom. The Hall–Kier alpha value is -2.42. The van der Waals surface area contributed by atoms with Crippen molar-refractivity contribution in [3.05, 3.63) is 47.3 Å². The molecular formula is C14H14F2N2O4S. The molecule has 0 bridgehead atoms. The van der Waals surface area contributed by atoms with E-state index in [0.717, 1.165) is 24.3 Å². The van der Waals surface area contributed by atoms with Gasteiger partial charge in [-0.25, -0.2) is 22.0 Å². The molecule has 0 saturated heterocycles. The summed E-state index contributed by atoms with van der Waals surface area (Å²) in [6, 6.07) is 3.79. The normalized spacial score (nSPS) is 11.3. The highest BCUT2D eigenvalue weighted by molar-refractivity contribution is 7.92. The van der Waals surface area contributed by atoms with E-state index in [1.54, 1.807) is 0 Å². The number of carbonyl (C=O) groups excluding carboxylic acids is 1. The molecule has 9 heteroatoms. The maximum Gasteiger partial charge on any atom is 0.354 e. The summed E-state index contributed by atoms with van der Waals surface area (Å²) in [4.78, 5) is 11.5. The third kappa shape index (κ3) is 3.19. The summed E-state index contributed by atoms with van der Waals surface area (Å²) >= 11 is 0. The van der Waals surface area contributed by atoms with Crippen molar-refractivity contribution in [2.75, 3.05) is 11.8 Å². The Balaban J connectivity index is 2.44. The number of nitrogens with one attached hydrogen (secondary N) is 1. The standard InChI is InChI=1S/C14H14F2N2O4S/c1-8-13(7-12(18(8)2)14(19)22-3)23(20,21)17-9-4-5-10(15)11(16)6-9/h4-7,17H,1-3H3. The van der Waals surface area contributed by atoms with Crippen molar-refractivity contribution < 1.29 is 26.7 Å². The van der Waals surface area contributed by atoms with Crippen LogP contribution in [0.1, 0.15) is 16.2 Å². The number of sulfonamides is 1. The predicted molar refractivity (Wildman–Crippen MR) is 78.7 cm³/mol. The highest BCUT2D eigenvalue weighted by atomic mass is 32.2. The van der Waals surface area contributed by atoms with Crippen molar-refractivity contribution in [2.45, 2.75) is 11.8 Å². The molecule has 124 valence electrons. The predicted octanol–water partition coefficient (Wildman–Crippen LogP) is 2.20. The van der Waals surface area contributed by atoms with E-state index in [4.69, 9.17) is 0 Å². The van der Waals surface area contributed by atoms with E-state index in [1.165, 1.54) is 25.6 Å². The SMILES string of the molecule is COC(=O)c1cc(S(=O)(=O)Nc2ccc(F)c(F)c2)c(C)n1C. The number of anilines is 1. The van der Waals surface area contributed by atoms with Gasteiger partial charge in [0, 0.05) is 18.8 Å². The van der Waals surface area contributed by atoms with Crippen LogP contribution in [0.3, 0.4) is 0 Å². The van der Waals surface area contributed by atoms with E-state index in [0.29, 0.717) is 5.69 Å². The van der Waals surface area contributed by atoms with Crippen molar-refractivity contribution >= 4 is 21.7 Å². The molecule has 1 aromatic carbocycles. The number of hydrogen-bond acceptors (Lipinski definition) is 4. The summed E-state index contributed by atoms with van der Waals surface area (Å²) in [6.07, 6.45) is 0. The quantitative estimate of drug-likeness (QED) is 0.863. The summed E-state index contributed by atoms with van der Waals surface area (Å²) in [5.41, 5.74) is 0.211. The lowest BCUT2D eigenvalue weighted by Gasteiger charge is -2.08. The summed E-state index contributed by atoms with van der Waals surface area (Å²) in [5, 5.41) is 0. The molecule has 0 unspecified atom stereocenters. The minimum Gasteiger partial charge on any atom is -0.464 e. The number of benzene rings is 1. The number of hydrogen-bond donors (Lipinski definition) is 1. The van der Waals surface area contributed by atoms with Gasteiger partial charge in [-0.2, -0.15) is 0 Å². The number of methoxy groups -OCH3 is 1. The minimum absolute atomic E-state index is 0.0515. The van der Waals surface area contributed by atoms with Gasteiger partial charge in [-0.1, -0.05) is 0 Å². The molecule has 0 saturated carbocycles. The van der Waals surface area contributed by atoms with Gasteiger partial charge in [-0.3, -0.25) is 4.72 Å². The van der Waals surface area contributed by atoms with Gasteiger partial charge in [-0.15, -0.1) is 0 Å². The molecule has 1 N–H and O–H groups in total. The molecule has 2 aromatic rings. The van der Waals surface area contributed by atoms with Crippen molar-refractivity contribution in [3.8, 4) is 0 Å². The van der Waals surface area contributed by atoms with Crippen LogP contribution in [0.4, 0.5) is 14.5 Å². The van der Waals surface area contributed by atoms with Crippen LogP contribution in [0, 0.1) is 18.6 Å². The smallest absolute Gasteiger partial charge is 0.354 e. The zero-order valence-corrected chi connectivity index (χ0v) is 13.4. The van der Waals surface area contributed by atoms with E-state index in [9.17, 15) is 22.0 Å². The van der Waals surface area contributed by atoms with Crippen LogP contribution in [0.25, 0.3) is 0 Å². The topological polar surface area (TPSA) is 77.4 Å². The third-order valence-electron chi connectivity index (χ3n) is 3.34. The molecule has 0 amide bonds. The average molecular weight is 344 g/mol. The van der Waals surface area contributed by atoms with E-state index in [2.05, 4.69) is 9.46 Å². The molecule has 6 nitrogen and oxygen atoms in total. The second-order valence-electron chi connectivity index (χ2n) is 4.76. The fourth-order valence-corrected chi connectivity index (χ4v) is 3.35. The first kappa shape index (κ1) is 16.9. The minimum atomic E-state index is -4.08. The number of aromatic nitrogens is 1. The van der Waals surface area contributed by atoms with Gasteiger partial charge in [0.2, 0.25) is 0 Å². The summed E-state index contributed by atoms with van der Waals surface area (Å²) < 4.78 is 59.0. The molecule has 0 fully saturated rings. The lowest BCUT2D eigenvalue weighted by molar-refractivity contribution is 0.0589. The Kier molecular flexibility index (Phi) is 4.42. The molecule has 0 aliphatic carbocycles. The molecule has 1 heterocycles. The average Bonchev–Trinajstić information content (AvgIpc) is 2.79. The lowest BCUT2D eigenvalue weighted by Crippen LogP contribution is -2.14. The number of esters is 1. The molecule has 2 rings (SSSR count). The maximum absolute atomic E-state index is 13.2. The summed E-state index contributed by atoms with van der Waals surface area (Å²) in [6.45, 7) is 1.51. The zero-order valence-electron chi connectivity index (χ0n) is 12.6. The molecule has 0 aliphatic heterocycles. The first-order valence-electron chi connectivity index (χ1n) is 6.40. The van der Waals surface area contributed by atoms with Gasteiger partial charge in [0.25, 0.3) is 10.0 Å². The van der Waals surface area contributed by atoms with Gasteiger partial charge in [0.15, 0.2) is 11.6 Å². The van der Waals surface area contributed by atoms with Crippen molar-refractivity contribution in [1.82, 2.24) is 4.57 Å². The fourth-order valence-electron chi connectivity index (χ4n) is 2.01. The van der Waals surface area contributed by atoms with Crippen LogP contribution >= 0.6 is 0 Å². The zero-order chi connectivity index (χ0) is 17.4.